The van der Waals surface area contributed by atoms with Gasteiger partial charge in [-0.1, -0.05) is 30.3 Å². The molecule has 1 atom stereocenters. The van der Waals surface area contributed by atoms with Gasteiger partial charge in [-0.05, 0) is 58.6 Å². The summed E-state index contributed by atoms with van der Waals surface area (Å²) in [5.74, 6) is 0.533. The van der Waals surface area contributed by atoms with E-state index in [0.717, 1.165) is 48.4 Å². The zero-order valence-corrected chi connectivity index (χ0v) is 18.0. The summed E-state index contributed by atoms with van der Waals surface area (Å²) in [6, 6.07) is 14.2. The fourth-order valence-electron chi connectivity index (χ4n) is 3.06. The zero-order chi connectivity index (χ0) is 19.9. The molecule has 0 aliphatic carbocycles. The Morgan fingerprint density at radius 3 is 2.54 bits per heavy atom. The van der Waals surface area contributed by atoms with E-state index in [0.29, 0.717) is 12.3 Å². The Bertz CT molecular complexity index is 789. The smallest absolute Gasteiger partial charge is 0.261 e. The second-order valence-corrected chi connectivity index (χ2v) is 7.97. The molecular weight excluding hydrogens is 420 g/mol. The number of rotatable bonds is 7. The van der Waals surface area contributed by atoms with Crippen LogP contribution in [-0.2, 0) is 22.6 Å². The van der Waals surface area contributed by atoms with Crippen molar-refractivity contribution in [2.24, 2.45) is 0 Å². The van der Waals surface area contributed by atoms with Crippen molar-refractivity contribution in [2.45, 2.75) is 33.0 Å². The molecule has 3 rings (SSSR count). The number of benzene rings is 2. The number of nitrogens with zero attached hydrogens (tertiary/aromatic N) is 1. The van der Waals surface area contributed by atoms with Gasteiger partial charge >= 0.3 is 0 Å². The van der Waals surface area contributed by atoms with Crippen LogP contribution in [0.15, 0.2) is 46.9 Å². The fourth-order valence-corrected chi connectivity index (χ4v) is 3.65. The van der Waals surface area contributed by atoms with Crippen molar-refractivity contribution in [1.82, 2.24) is 10.2 Å². The lowest BCUT2D eigenvalue weighted by Gasteiger charge is -2.26. The van der Waals surface area contributed by atoms with Crippen LogP contribution in [0.25, 0.3) is 0 Å². The molecule has 150 valence electrons. The monoisotopic (exact) mass is 446 g/mol. The predicted octanol–water partition coefficient (Wildman–Crippen LogP) is 3.67. The van der Waals surface area contributed by atoms with Crippen molar-refractivity contribution in [1.29, 1.82) is 0 Å². The van der Waals surface area contributed by atoms with Crippen LogP contribution in [0.5, 0.6) is 5.75 Å². The Morgan fingerprint density at radius 2 is 1.86 bits per heavy atom. The summed E-state index contributed by atoms with van der Waals surface area (Å²) >= 11 is 3.48. The molecule has 1 fully saturated rings. The summed E-state index contributed by atoms with van der Waals surface area (Å²) in [7, 11) is 0. The first-order chi connectivity index (χ1) is 13.5. The van der Waals surface area contributed by atoms with Gasteiger partial charge in [0.2, 0.25) is 0 Å². The fraction of sp³-hybridized carbons (Fsp3) is 0.409. The molecule has 1 heterocycles. The lowest BCUT2D eigenvalue weighted by molar-refractivity contribution is -0.127. The Labute approximate surface area is 175 Å². The highest BCUT2D eigenvalue weighted by molar-refractivity contribution is 9.10. The van der Waals surface area contributed by atoms with Gasteiger partial charge in [0.25, 0.3) is 5.91 Å². The van der Waals surface area contributed by atoms with Crippen LogP contribution in [0.4, 0.5) is 0 Å². The molecule has 0 aromatic heterocycles. The Hall–Kier alpha value is -1.89. The number of nitrogens with one attached hydrogen (secondary N) is 1. The standard InChI is InChI=1S/C22H27BrN2O3/c1-16-3-8-21(20(23)13-16)28-17(2)22(26)24-14-18-4-6-19(7-5-18)15-25-9-11-27-12-10-25/h3-8,13,17H,9-12,14-15H2,1-2H3,(H,24,26). The van der Waals surface area contributed by atoms with Gasteiger partial charge in [0.1, 0.15) is 5.75 Å². The molecule has 1 unspecified atom stereocenters. The molecule has 1 aliphatic rings. The number of hydrogen-bond acceptors (Lipinski definition) is 4. The molecule has 1 saturated heterocycles. The molecule has 1 amide bonds. The lowest BCUT2D eigenvalue weighted by Crippen LogP contribution is -2.36. The number of hydrogen-bond donors (Lipinski definition) is 1. The first kappa shape index (κ1) is 20.8. The molecule has 28 heavy (non-hydrogen) atoms. The number of morpholine rings is 1. The Morgan fingerprint density at radius 1 is 1.18 bits per heavy atom. The van der Waals surface area contributed by atoms with E-state index in [1.807, 2.05) is 25.1 Å². The van der Waals surface area contributed by atoms with Gasteiger partial charge in [-0.3, -0.25) is 9.69 Å². The van der Waals surface area contributed by atoms with Crippen LogP contribution in [0.3, 0.4) is 0 Å². The molecule has 2 aromatic rings. The van der Waals surface area contributed by atoms with E-state index >= 15 is 0 Å². The van der Waals surface area contributed by atoms with Gasteiger partial charge < -0.3 is 14.8 Å². The van der Waals surface area contributed by atoms with Gasteiger partial charge in [0.05, 0.1) is 17.7 Å². The minimum absolute atomic E-state index is 0.134. The number of aryl methyl sites for hydroxylation is 1. The van der Waals surface area contributed by atoms with E-state index < -0.39 is 6.10 Å². The Balaban J connectivity index is 1.46. The summed E-state index contributed by atoms with van der Waals surface area (Å²) in [4.78, 5) is 14.8. The molecule has 6 heteroatoms. The molecular formula is C22H27BrN2O3. The summed E-state index contributed by atoms with van der Waals surface area (Å²) < 4.78 is 12.0. The van der Waals surface area contributed by atoms with Crippen LogP contribution in [-0.4, -0.2) is 43.2 Å². The number of amides is 1. The molecule has 1 aliphatic heterocycles. The van der Waals surface area contributed by atoms with Crippen molar-refractivity contribution in [3.8, 4) is 5.75 Å². The van der Waals surface area contributed by atoms with Crippen LogP contribution >= 0.6 is 15.9 Å². The van der Waals surface area contributed by atoms with E-state index in [2.05, 4.69) is 50.4 Å². The van der Waals surface area contributed by atoms with Gasteiger partial charge in [0.15, 0.2) is 6.10 Å². The van der Waals surface area contributed by atoms with Crippen LogP contribution < -0.4 is 10.1 Å². The number of carbonyl (C=O) groups excluding carboxylic acids is 1. The van der Waals surface area contributed by atoms with E-state index in [1.54, 1.807) is 6.92 Å². The van der Waals surface area contributed by atoms with Gasteiger partial charge in [-0.15, -0.1) is 0 Å². The largest absolute Gasteiger partial charge is 0.480 e. The molecule has 2 aromatic carbocycles. The van der Waals surface area contributed by atoms with Crippen molar-refractivity contribution < 1.29 is 14.3 Å². The second kappa shape index (κ2) is 10.0. The molecule has 0 radical (unpaired) electrons. The van der Waals surface area contributed by atoms with E-state index in [1.165, 1.54) is 5.56 Å². The lowest BCUT2D eigenvalue weighted by atomic mass is 10.1. The molecule has 0 saturated carbocycles. The molecule has 0 spiro atoms. The first-order valence-electron chi connectivity index (χ1n) is 9.60. The summed E-state index contributed by atoms with van der Waals surface area (Å²) in [6.07, 6.45) is -0.570. The third kappa shape index (κ3) is 6.06. The summed E-state index contributed by atoms with van der Waals surface area (Å²) in [6.45, 7) is 8.77. The van der Waals surface area contributed by atoms with Crippen molar-refractivity contribution >= 4 is 21.8 Å². The normalized spacial score (nSPS) is 15.8. The first-order valence-corrected chi connectivity index (χ1v) is 10.4. The van der Waals surface area contributed by atoms with Crippen molar-refractivity contribution in [2.75, 3.05) is 26.3 Å². The zero-order valence-electron chi connectivity index (χ0n) is 16.4. The molecule has 5 nitrogen and oxygen atoms in total. The van der Waals surface area contributed by atoms with E-state index in [9.17, 15) is 4.79 Å². The number of halogens is 1. The van der Waals surface area contributed by atoms with Gasteiger partial charge in [-0.25, -0.2) is 0 Å². The maximum absolute atomic E-state index is 12.4. The van der Waals surface area contributed by atoms with Crippen molar-refractivity contribution in [3.63, 3.8) is 0 Å². The quantitative estimate of drug-likeness (QED) is 0.704. The third-order valence-electron chi connectivity index (χ3n) is 4.76. The average Bonchev–Trinajstić information content (AvgIpc) is 2.70. The highest BCUT2D eigenvalue weighted by Crippen LogP contribution is 2.26. The second-order valence-electron chi connectivity index (χ2n) is 7.12. The van der Waals surface area contributed by atoms with E-state index in [4.69, 9.17) is 9.47 Å². The highest BCUT2D eigenvalue weighted by atomic mass is 79.9. The minimum Gasteiger partial charge on any atom is -0.480 e. The highest BCUT2D eigenvalue weighted by Gasteiger charge is 2.16. The predicted molar refractivity (Wildman–Crippen MR) is 113 cm³/mol. The van der Waals surface area contributed by atoms with Crippen LogP contribution in [0.1, 0.15) is 23.6 Å². The van der Waals surface area contributed by atoms with Crippen molar-refractivity contribution in [3.05, 3.63) is 63.6 Å². The SMILES string of the molecule is Cc1ccc(OC(C)C(=O)NCc2ccc(CN3CCOCC3)cc2)c(Br)c1. The average molecular weight is 447 g/mol. The third-order valence-corrected chi connectivity index (χ3v) is 5.38. The minimum atomic E-state index is -0.570. The number of ether oxygens (including phenoxy) is 2. The maximum Gasteiger partial charge on any atom is 0.261 e. The summed E-state index contributed by atoms with van der Waals surface area (Å²) in [5.41, 5.74) is 3.48. The molecule has 0 bridgehead atoms. The van der Waals surface area contributed by atoms with Crippen LogP contribution in [0.2, 0.25) is 0 Å². The van der Waals surface area contributed by atoms with E-state index in [-0.39, 0.29) is 5.91 Å². The maximum atomic E-state index is 12.4. The topological polar surface area (TPSA) is 50.8 Å². The van der Waals surface area contributed by atoms with Gasteiger partial charge in [-0.2, -0.15) is 0 Å². The number of carbonyl (C=O) groups is 1. The van der Waals surface area contributed by atoms with Crippen LogP contribution in [0, 0.1) is 6.92 Å². The summed E-state index contributed by atoms with van der Waals surface area (Å²) in [5, 5.41) is 2.94. The Kier molecular flexibility index (Phi) is 7.48. The van der Waals surface area contributed by atoms with Gasteiger partial charge in [0, 0.05) is 26.2 Å². The molecule has 1 N–H and O–H groups in total.